The highest BCUT2D eigenvalue weighted by Gasteiger charge is 2.37. The van der Waals surface area contributed by atoms with Gasteiger partial charge in [-0.2, -0.15) is 0 Å². The Kier molecular flexibility index (Phi) is 6.61. The summed E-state index contributed by atoms with van der Waals surface area (Å²) in [6.45, 7) is 5.02. The number of rotatable bonds is 4. The van der Waals surface area contributed by atoms with Gasteiger partial charge in [0.05, 0.1) is 12.6 Å². The third-order valence-corrected chi connectivity index (χ3v) is 6.52. The third kappa shape index (κ3) is 4.64. The zero-order valence-corrected chi connectivity index (χ0v) is 18.1. The summed E-state index contributed by atoms with van der Waals surface area (Å²) >= 11 is 6.54. The number of benzene rings is 2. The summed E-state index contributed by atoms with van der Waals surface area (Å²) in [4.78, 5) is 15.0. The Morgan fingerprint density at radius 3 is 2.53 bits per heavy atom. The lowest BCUT2D eigenvalue weighted by atomic mass is 9.74. The zero-order valence-electron chi connectivity index (χ0n) is 17.4. The van der Waals surface area contributed by atoms with Crippen LogP contribution < -0.4 is 5.32 Å². The average Bonchev–Trinajstić information content (AvgIpc) is 2.78. The Balaban J connectivity index is 1.46. The van der Waals surface area contributed by atoms with E-state index in [1.807, 2.05) is 60.4 Å². The van der Waals surface area contributed by atoms with E-state index in [1.54, 1.807) is 0 Å². The SMILES string of the molecule is C[C@@H]1CN(C(=O)NCC2(c3ccccc3Cl)CCOCC2)C[C@@H](c2ccccc2)O1. The van der Waals surface area contributed by atoms with Crippen molar-refractivity contribution in [3.8, 4) is 0 Å². The second-order valence-corrected chi connectivity index (χ2v) is 8.69. The first-order valence-electron chi connectivity index (χ1n) is 10.6. The summed E-state index contributed by atoms with van der Waals surface area (Å²) in [5.74, 6) is 0. The third-order valence-electron chi connectivity index (χ3n) is 6.19. The fourth-order valence-electron chi connectivity index (χ4n) is 4.52. The predicted molar refractivity (Wildman–Crippen MR) is 118 cm³/mol. The van der Waals surface area contributed by atoms with Gasteiger partial charge < -0.3 is 19.7 Å². The molecule has 0 aromatic heterocycles. The van der Waals surface area contributed by atoms with Crippen LogP contribution >= 0.6 is 11.6 Å². The van der Waals surface area contributed by atoms with Gasteiger partial charge in [0.1, 0.15) is 6.10 Å². The number of nitrogens with zero attached hydrogens (tertiary/aromatic N) is 1. The first-order valence-corrected chi connectivity index (χ1v) is 11.0. The molecule has 2 saturated heterocycles. The van der Waals surface area contributed by atoms with E-state index in [1.165, 1.54) is 0 Å². The Morgan fingerprint density at radius 1 is 1.10 bits per heavy atom. The lowest BCUT2D eigenvalue weighted by Gasteiger charge is -2.40. The molecule has 0 bridgehead atoms. The van der Waals surface area contributed by atoms with Gasteiger partial charge in [-0.25, -0.2) is 4.79 Å². The minimum atomic E-state index is -0.205. The molecule has 5 nitrogen and oxygen atoms in total. The maximum atomic E-state index is 13.1. The number of halogens is 1. The monoisotopic (exact) mass is 428 g/mol. The minimum absolute atomic E-state index is 0.0182. The number of urea groups is 1. The molecule has 2 heterocycles. The molecule has 2 fully saturated rings. The van der Waals surface area contributed by atoms with E-state index in [0.717, 1.165) is 29.0 Å². The number of ether oxygens (including phenoxy) is 2. The second kappa shape index (κ2) is 9.38. The normalized spacial score (nSPS) is 23.7. The quantitative estimate of drug-likeness (QED) is 0.776. The Hall–Kier alpha value is -2.08. The number of carbonyl (C=O) groups is 1. The molecule has 4 rings (SSSR count). The van der Waals surface area contributed by atoms with Crippen molar-refractivity contribution in [1.29, 1.82) is 0 Å². The summed E-state index contributed by atoms with van der Waals surface area (Å²) < 4.78 is 11.7. The molecule has 2 aromatic rings. The molecule has 0 unspecified atom stereocenters. The fourth-order valence-corrected chi connectivity index (χ4v) is 4.86. The summed E-state index contributed by atoms with van der Waals surface area (Å²) in [6, 6.07) is 18.0. The number of hydrogen-bond acceptors (Lipinski definition) is 3. The van der Waals surface area contributed by atoms with E-state index in [9.17, 15) is 4.79 Å². The van der Waals surface area contributed by atoms with Crippen molar-refractivity contribution < 1.29 is 14.3 Å². The summed E-state index contributed by atoms with van der Waals surface area (Å²) in [6.07, 6.45) is 1.54. The van der Waals surface area contributed by atoms with Crippen LogP contribution in [0.3, 0.4) is 0 Å². The highest BCUT2D eigenvalue weighted by molar-refractivity contribution is 6.31. The molecule has 6 heteroatoms. The summed E-state index contributed by atoms with van der Waals surface area (Å²) in [7, 11) is 0. The topological polar surface area (TPSA) is 50.8 Å². The number of carbonyl (C=O) groups excluding carboxylic acids is 1. The smallest absolute Gasteiger partial charge is 0.317 e. The predicted octanol–water partition coefficient (Wildman–Crippen LogP) is 4.56. The van der Waals surface area contributed by atoms with Gasteiger partial charge >= 0.3 is 6.03 Å². The zero-order chi connectivity index (χ0) is 21.0. The molecule has 30 heavy (non-hydrogen) atoms. The molecular weight excluding hydrogens is 400 g/mol. The molecule has 2 aliphatic rings. The molecule has 0 saturated carbocycles. The second-order valence-electron chi connectivity index (χ2n) is 8.28. The van der Waals surface area contributed by atoms with Gasteiger partial charge in [0.2, 0.25) is 0 Å². The maximum Gasteiger partial charge on any atom is 0.317 e. The molecule has 160 valence electrons. The molecular formula is C24H29ClN2O3. The van der Waals surface area contributed by atoms with E-state index >= 15 is 0 Å². The number of nitrogens with one attached hydrogen (secondary N) is 1. The van der Waals surface area contributed by atoms with Crippen LogP contribution in [0, 0.1) is 0 Å². The molecule has 1 N–H and O–H groups in total. The van der Waals surface area contributed by atoms with Gasteiger partial charge in [-0.3, -0.25) is 0 Å². The van der Waals surface area contributed by atoms with E-state index in [-0.39, 0.29) is 23.7 Å². The van der Waals surface area contributed by atoms with E-state index in [2.05, 4.69) is 11.4 Å². The van der Waals surface area contributed by atoms with Gasteiger partial charge in [0, 0.05) is 36.7 Å². The highest BCUT2D eigenvalue weighted by Crippen LogP contribution is 2.38. The minimum Gasteiger partial charge on any atom is -0.381 e. The number of hydrogen-bond donors (Lipinski definition) is 1. The largest absolute Gasteiger partial charge is 0.381 e. The molecule has 2 aliphatic heterocycles. The van der Waals surface area contributed by atoms with Gasteiger partial charge in [0.25, 0.3) is 0 Å². The van der Waals surface area contributed by atoms with Gasteiger partial charge in [0.15, 0.2) is 0 Å². The number of morpholine rings is 1. The Labute approximate surface area is 183 Å². The average molecular weight is 429 g/mol. The molecule has 0 spiro atoms. The van der Waals surface area contributed by atoms with Crippen LogP contribution in [0.5, 0.6) is 0 Å². The van der Waals surface area contributed by atoms with E-state index in [4.69, 9.17) is 21.1 Å². The van der Waals surface area contributed by atoms with Crippen LogP contribution in [0.4, 0.5) is 4.79 Å². The standard InChI is InChI=1S/C24H29ClN2O3/c1-18-15-27(16-22(30-18)19-7-3-2-4-8-19)23(28)26-17-24(11-13-29-14-12-24)20-9-5-6-10-21(20)25/h2-10,18,22H,11-17H2,1H3,(H,26,28)/t18-,22+/m1/s1. The van der Waals surface area contributed by atoms with E-state index in [0.29, 0.717) is 32.8 Å². The highest BCUT2D eigenvalue weighted by atomic mass is 35.5. The first-order chi connectivity index (χ1) is 14.6. The van der Waals surface area contributed by atoms with Gasteiger partial charge in [-0.15, -0.1) is 0 Å². The number of amides is 2. The fraction of sp³-hybridized carbons (Fsp3) is 0.458. The van der Waals surface area contributed by atoms with E-state index < -0.39 is 0 Å². The molecule has 0 aliphatic carbocycles. The van der Waals surface area contributed by atoms with Crippen LogP contribution in [-0.4, -0.2) is 49.9 Å². The van der Waals surface area contributed by atoms with Crippen molar-refractivity contribution in [3.05, 3.63) is 70.7 Å². The van der Waals surface area contributed by atoms with Crippen LogP contribution in [0.25, 0.3) is 0 Å². The lowest BCUT2D eigenvalue weighted by molar-refractivity contribution is -0.0658. The van der Waals surface area contributed by atoms with Crippen molar-refractivity contribution in [2.24, 2.45) is 0 Å². The molecule has 2 atom stereocenters. The Bertz CT molecular complexity index is 855. The van der Waals surface area contributed by atoms with Crippen molar-refractivity contribution in [1.82, 2.24) is 10.2 Å². The molecule has 0 radical (unpaired) electrons. The van der Waals surface area contributed by atoms with Crippen LogP contribution in [0.2, 0.25) is 5.02 Å². The Morgan fingerprint density at radius 2 is 1.80 bits per heavy atom. The molecule has 2 amide bonds. The van der Waals surface area contributed by atoms with Crippen LogP contribution in [-0.2, 0) is 14.9 Å². The van der Waals surface area contributed by atoms with Gasteiger partial charge in [-0.05, 0) is 37.0 Å². The first kappa shape index (κ1) is 21.2. The van der Waals surface area contributed by atoms with Crippen molar-refractivity contribution >= 4 is 17.6 Å². The summed E-state index contributed by atoms with van der Waals surface area (Å²) in [5, 5.41) is 3.95. The van der Waals surface area contributed by atoms with Crippen LogP contribution in [0.15, 0.2) is 54.6 Å². The lowest BCUT2D eigenvalue weighted by Crippen LogP contribution is -2.53. The van der Waals surface area contributed by atoms with Crippen molar-refractivity contribution in [2.75, 3.05) is 32.8 Å². The van der Waals surface area contributed by atoms with Gasteiger partial charge in [-0.1, -0.05) is 60.1 Å². The van der Waals surface area contributed by atoms with Crippen molar-refractivity contribution in [3.63, 3.8) is 0 Å². The van der Waals surface area contributed by atoms with Crippen molar-refractivity contribution in [2.45, 2.75) is 37.4 Å². The van der Waals surface area contributed by atoms with Crippen LogP contribution in [0.1, 0.15) is 37.0 Å². The molecule has 2 aromatic carbocycles. The summed E-state index contributed by atoms with van der Waals surface area (Å²) in [5.41, 5.74) is 1.98. The maximum absolute atomic E-state index is 13.1.